The summed E-state index contributed by atoms with van der Waals surface area (Å²) in [4.78, 5) is 19.7. The Hall–Kier alpha value is -3.25. The van der Waals surface area contributed by atoms with Crippen molar-refractivity contribution in [3.05, 3.63) is 76.4 Å². The molecule has 1 aliphatic rings. The van der Waals surface area contributed by atoms with Crippen molar-refractivity contribution >= 4 is 29.0 Å². The number of carbonyl (C=O) groups is 1. The average molecular weight is 452 g/mol. The molecule has 3 aromatic rings. The third-order valence-corrected chi connectivity index (χ3v) is 5.67. The Bertz CT molecular complexity index is 1110. The Morgan fingerprint density at radius 2 is 1.88 bits per heavy atom. The van der Waals surface area contributed by atoms with Crippen LogP contribution in [-0.4, -0.2) is 31.2 Å². The molecule has 166 valence electrons. The van der Waals surface area contributed by atoms with Gasteiger partial charge in [-0.1, -0.05) is 23.7 Å². The van der Waals surface area contributed by atoms with Crippen molar-refractivity contribution in [1.82, 2.24) is 4.98 Å². The van der Waals surface area contributed by atoms with Crippen molar-refractivity contribution in [2.45, 2.75) is 32.4 Å². The second-order valence-corrected chi connectivity index (χ2v) is 8.35. The summed E-state index contributed by atoms with van der Waals surface area (Å²) < 4.78 is 11.6. The van der Waals surface area contributed by atoms with E-state index in [1.54, 1.807) is 18.2 Å². The number of carbonyl (C=O) groups excluding carboxylic acids is 1. The number of aromatic nitrogens is 1. The van der Waals surface area contributed by atoms with Crippen molar-refractivity contribution in [3.63, 3.8) is 0 Å². The van der Waals surface area contributed by atoms with Gasteiger partial charge in [-0.05, 0) is 66.9 Å². The quantitative estimate of drug-likeness (QED) is 0.554. The maximum atomic E-state index is 13.4. The first-order valence-electron chi connectivity index (χ1n) is 10.5. The van der Waals surface area contributed by atoms with Crippen LogP contribution in [0.5, 0.6) is 11.5 Å². The van der Waals surface area contributed by atoms with E-state index in [2.05, 4.69) is 10.3 Å². The fourth-order valence-corrected chi connectivity index (χ4v) is 4.10. The molecule has 6 nitrogen and oxygen atoms in total. The molecular weight excluding hydrogens is 426 g/mol. The van der Waals surface area contributed by atoms with Gasteiger partial charge < -0.3 is 14.8 Å². The van der Waals surface area contributed by atoms with Crippen LogP contribution in [0.4, 0.5) is 11.5 Å². The van der Waals surface area contributed by atoms with Gasteiger partial charge in [-0.2, -0.15) is 0 Å². The molecule has 2 heterocycles. The highest BCUT2D eigenvalue weighted by atomic mass is 35.5. The van der Waals surface area contributed by atoms with E-state index >= 15 is 0 Å². The van der Waals surface area contributed by atoms with E-state index in [-0.39, 0.29) is 24.5 Å². The number of benzene rings is 2. The molecule has 1 aliphatic heterocycles. The van der Waals surface area contributed by atoms with Crippen molar-refractivity contribution in [2.24, 2.45) is 0 Å². The number of rotatable bonds is 6. The first kappa shape index (κ1) is 22.0. The molecule has 4 rings (SSSR count). The van der Waals surface area contributed by atoms with E-state index < -0.39 is 0 Å². The number of hydrogen-bond donors (Lipinski definition) is 1. The Labute approximate surface area is 193 Å². The fraction of sp³-hybridized carbons (Fsp3) is 0.280. The summed E-state index contributed by atoms with van der Waals surface area (Å²) in [6.45, 7) is 3.94. The molecule has 0 aliphatic carbocycles. The van der Waals surface area contributed by atoms with Gasteiger partial charge >= 0.3 is 0 Å². The highest BCUT2D eigenvalue weighted by Gasteiger charge is 2.36. The van der Waals surface area contributed by atoms with Gasteiger partial charge in [-0.3, -0.25) is 9.69 Å². The largest absolute Gasteiger partial charge is 0.493 e. The number of halogens is 1. The first-order chi connectivity index (χ1) is 15.4. The lowest BCUT2D eigenvalue weighted by Crippen LogP contribution is -2.41. The van der Waals surface area contributed by atoms with Crippen LogP contribution in [0.1, 0.15) is 36.6 Å². The van der Waals surface area contributed by atoms with Gasteiger partial charge in [-0.15, -0.1) is 0 Å². The van der Waals surface area contributed by atoms with Crippen LogP contribution in [-0.2, 0) is 11.2 Å². The molecule has 0 saturated carbocycles. The van der Waals surface area contributed by atoms with Crippen LogP contribution in [0.3, 0.4) is 0 Å². The van der Waals surface area contributed by atoms with Crippen LogP contribution in [0.15, 0.2) is 54.7 Å². The number of fused-ring (bicyclic) bond motifs is 1. The number of hydrogen-bond acceptors (Lipinski definition) is 5. The van der Waals surface area contributed by atoms with Crippen molar-refractivity contribution in [1.29, 1.82) is 0 Å². The minimum atomic E-state index is -0.378. The number of amides is 1. The molecule has 0 radical (unpaired) electrons. The number of pyridine rings is 1. The summed E-state index contributed by atoms with van der Waals surface area (Å²) in [6.07, 6.45) is 1.94. The maximum absolute atomic E-state index is 13.4. The van der Waals surface area contributed by atoms with E-state index in [1.807, 2.05) is 69.4 Å². The molecule has 0 bridgehead atoms. The summed E-state index contributed by atoms with van der Waals surface area (Å²) >= 11 is 6.15. The summed E-state index contributed by atoms with van der Waals surface area (Å²) in [7, 11) is 3.44. The second-order valence-electron chi connectivity index (χ2n) is 7.92. The number of nitrogens with one attached hydrogen (secondary N) is 1. The van der Waals surface area contributed by atoms with Crippen molar-refractivity contribution in [2.75, 3.05) is 24.4 Å². The lowest BCUT2D eigenvalue weighted by Gasteiger charge is -2.37. The fourth-order valence-electron chi connectivity index (χ4n) is 3.97. The van der Waals surface area contributed by atoms with Gasteiger partial charge in [0.15, 0.2) is 11.5 Å². The summed E-state index contributed by atoms with van der Waals surface area (Å²) in [5, 5.41) is 3.70. The summed E-state index contributed by atoms with van der Waals surface area (Å²) in [5.74, 6) is 1.81. The molecule has 1 atom stereocenters. The zero-order valence-electron chi connectivity index (χ0n) is 18.6. The van der Waals surface area contributed by atoms with Gasteiger partial charge in [0.2, 0.25) is 5.91 Å². The SMILES string of the molecule is CNc1ccc(N2C(=O)Cc3cc(OC)c(OC(C)C)cc3C2c2ccc(Cl)cc2)nc1. The van der Waals surface area contributed by atoms with Crippen LogP contribution in [0, 0.1) is 0 Å². The Kier molecular flexibility index (Phi) is 6.24. The predicted octanol–water partition coefficient (Wildman–Crippen LogP) is 5.25. The van der Waals surface area contributed by atoms with Crippen molar-refractivity contribution < 1.29 is 14.3 Å². The minimum absolute atomic E-state index is 0.0204. The molecule has 32 heavy (non-hydrogen) atoms. The van der Waals surface area contributed by atoms with Gasteiger partial charge in [0.1, 0.15) is 5.82 Å². The Morgan fingerprint density at radius 1 is 1.12 bits per heavy atom. The molecule has 0 fully saturated rings. The molecule has 1 aromatic heterocycles. The van der Waals surface area contributed by atoms with Crippen molar-refractivity contribution in [3.8, 4) is 11.5 Å². The topological polar surface area (TPSA) is 63.7 Å². The van der Waals surface area contributed by atoms with Gasteiger partial charge in [0, 0.05) is 12.1 Å². The highest BCUT2D eigenvalue weighted by Crippen LogP contribution is 2.43. The summed E-state index contributed by atoms with van der Waals surface area (Å²) in [5.41, 5.74) is 3.69. The number of nitrogens with zero attached hydrogens (tertiary/aromatic N) is 2. The third kappa shape index (κ3) is 4.23. The van der Waals surface area contributed by atoms with E-state index in [0.717, 1.165) is 22.4 Å². The normalized spacial score (nSPS) is 15.5. The number of ether oxygens (including phenoxy) is 2. The predicted molar refractivity (Wildman–Crippen MR) is 127 cm³/mol. The van der Waals surface area contributed by atoms with Crippen LogP contribution in [0.25, 0.3) is 0 Å². The molecule has 1 N–H and O–H groups in total. The van der Waals surface area contributed by atoms with Crippen LogP contribution < -0.4 is 19.7 Å². The molecule has 0 saturated heterocycles. The average Bonchev–Trinajstić information content (AvgIpc) is 2.78. The van der Waals surface area contributed by atoms with E-state index in [4.69, 9.17) is 21.1 Å². The molecule has 1 unspecified atom stereocenters. The molecule has 7 heteroatoms. The molecule has 0 spiro atoms. The third-order valence-electron chi connectivity index (χ3n) is 5.42. The monoisotopic (exact) mass is 451 g/mol. The molecule has 1 amide bonds. The van der Waals surface area contributed by atoms with Gasteiger partial charge in [0.25, 0.3) is 0 Å². The molecule has 2 aromatic carbocycles. The van der Waals surface area contributed by atoms with E-state index in [9.17, 15) is 4.79 Å². The standard InChI is InChI=1S/C25H26ClN3O3/c1-15(2)32-22-13-20-17(11-21(22)31-4)12-24(30)29(23-10-9-19(27-3)14-28-23)25(20)16-5-7-18(26)8-6-16/h5-11,13-15,25,27H,12H2,1-4H3. The van der Waals surface area contributed by atoms with E-state index in [1.165, 1.54) is 0 Å². The van der Waals surface area contributed by atoms with Gasteiger partial charge in [-0.25, -0.2) is 4.98 Å². The smallest absolute Gasteiger partial charge is 0.233 e. The molecular formula is C25H26ClN3O3. The number of methoxy groups -OCH3 is 1. The first-order valence-corrected chi connectivity index (χ1v) is 10.9. The zero-order chi connectivity index (χ0) is 22.8. The summed E-state index contributed by atoms with van der Waals surface area (Å²) in [6, 6.07) is 14.8. The van der Waals surface area contributed by atoms with Gasteiger partial charge in [0.05, 0.1) is 37.6 Å². The Balaban J connectivity index is 1.90. The highest BCUT2D eigenvalue weighted by molar-refractivity contribution is 6.30. The van der Waals surface area contributed by atoms with E-state index in [0.29, 0.717) is 22.3 Å². The zero-order valence-corrected chi connectivity index (χ0v) is 19.3. The maximum Gasteiger partial charge on any atom is 0.233 e. The second kappa shape index (κ2) is 9.09. The Morgan fingerprint density at radius 3 is 2.47 bits per heavy atom. The van der Waals surface area contributed by atoms with Crippen LogP contribution in [0.2, 0.25) is 5.02 Å². The lowest BCUT2D eigenvalue weighted by molar-refractivity contribution is -0.118. The number of anilines is 2. The van der Waals surface area contributed by atoms with Crippen LogP contribution >= 0.6 is 11.6 Å². The minimum Gasteiger partial charge on any atom is -0.493 e. The lowest BCUT2D eigenvalue weighted by atomic mass is 9.87.